The van der Waals surface area contributed by atoms with E-state index in [1.165, 1.54) is 0 Å². The van der Waals surface area contributed by atoms with Gasteiger partial charge in [-0.25, -0.2) is 5.43 Å². The fourth-order valence-electron chi connectivity index (χ4n) is 1.21. The Morgan fingerprint density at radius 1 is 1.14 bits per heavy atom. The molecule has 76 valence electrons. The van der Waals surface area contributed by atoms with E-state index in [1.54, 1.807) is 0 Å². The normalized spacial score (nSPS) is 20.1. The van der Waals surface area contributed by atoms with Gasteiger partial charge in [0.05, 0.1) is 0 Å². The van der Waals surface area contributed by atoms with E-state index in [2.05, 4.69) is 11.0 Å². The lowest BCUT2D eigenvalue weighted by atomic mass is 9.85. The lowest BCUT2D eigenvalue weighted by Crippen LogP contribution is -2.76. The Kier molecular flexibility index (Phi) is 2.45. The van der Waals surface area contributed by atoms with Crippen LogP contribution in [0, 0.1) is 0 Å². The van der Waals surface area contributed by atoms with Gasteiger partial charge < -0.3 is 0 Å². The third kappa shape index (κ3) is 1.22. The average molecular weight is 199 g/mol. The third-order valence-electron chi connectivity index (χ3n) is 2.03. The quantitative estimate of drug-likeness (QED) is 0.338. The second-order valence-corrected chi connectivity index (χ2v) is 2.90. The molecule has 14 heavy (non-hydrogen) atoms. The summed E-state index contributed by atoms with van der Waals surface area (Å²) < 4.78 is 0. The molecule has 0 saturated carbocycles. The molecule has 1 aliphatic rings. The van der Waals surface area contributed by atoms with Crippen molar-refractivity contribution in [2.24, 2.45) is 0 Å². The molecule has 0 unspecified atom stereocenters. The summed E-state index contributed by atoms with van der Waals surface area (Å²) >= 11 is 0. The van der Waals surface area contributed by atoms with Crippen molar-refractivity contribution in [3.05, 3.63) is 0 Å². The summed E-state index contributed by atoms with van der Waals surface area (Å²) in [5.41, 5.74) is 4.15. The number of nitrogens with one attached hydrogen (secondary N) is 3. The molecule has 0 spiro atoms. The van der Waals surface area contributed by atoms with Gasteiger partial charge >= 0.3 is 5.91 Å². The molecule has 0 aromatic rings. The SMILES string of the molecule is CC(=O)C1(C(C)=O)NNNC(=O)C1=O. The summed E-state index contributed by atoms with van der Waals surface area (Å²) in [4.78, 5) is 44.7. The van der Waals surface area contributed by atoms with E-state index in [0.717, 1.165) is 13.8 Å². The van der Waals surface area contributed by atoms with Crippen LogP contribution in [0.4, 0.5) is 0 Å². The van der Waals surface area contributed by atoms with Gasteiger partial charge in [-0.05, 0) is 13.8 Å². The van der Waals surface area contributed by atoms with Crippen molar-refractivity contribution in [1.29, 1.82) is 0 Å². The first kappa shape index (κ1) is 10.5. The zero-order chi connectivity index (χ0) is 10.9. The summed E-state index contributed by atoms with van der Waals surface area (Å²) in [5, 5.41) is 0. The Hall–Kier alpha value is -1.60. The molecule has 0 radical (unpaired) electrons. The van der Waals surface area contributed by atoms with Gasteiger partial charge in [0, 0.05) is 0 Å². The number of hydrogen-bond donors (Lipinski definition) is 3. The molecule has 0 aromatic heterocycles. The summed E-state index contributed by atoms with van der Waals surface area (Å²) in [6.45, 7) is 2.12. The second-order valence-electron chi connectivity index (χ2n) is 2.90. The molecule has 7 heteroatoms. The van der Waals surface area contributed by atoms with Gasteiger partial charge in [0.15, 0.2) is 11.6 Å². The Balaban J connectivity index is 3.21. The van der Waals surface area contributed by atoms with Crippen LogP contribution in [0.5, 0.6) is 0 Å². The Morgan fingerprint density at radius 3 is 2.00 bits per heavy atom. The Morgan fingerprint density at radius 2 is 1.64 bits per heavy atom. The number of rotatable bonds is 2. The maximum atomic E-state index is 11.4. The van der Waals surface area contributed by atoms with Crippen molar-refractivity contribution < 1.29 is 19.2 Å². The van der Waals surface area contributed by atoms with E-state index in [9.17, 15) is 19.2 Å². The zero-order valence-corrected chi connectivity index (χ0v) is 7.63. The van der Waals surface area contributed by atoms with Crippen LogP contribution in [0.15, 0.2) is 0 Å². The van der Waals surface area contributed by atoms with Crippen LogP contribution in [0.1, 0.15) is 13.8 Å². The highest BCUT2D eigenvalue weighted by atomic mass is 16.2. The topological polar surface area (TPSA) is 104 Å². The van der Waals surface area contributed by atoms with Gasteiger partial charge in [-0.15, -0.1) is 0 Å². The minimum absolute atomic E-state index is 0.725. The van der Waals surface area contributed by atoms with E-state index < -0.39 is 28.8 Å². The molecule has 0 aliphatic carbocycles. The lowest BCUT2D eigenvalue weighted by molar-refractivity contribution is -0.154. The summed E-state index contributed by atoms with van der Waals surface area (Å²) in [6.07, 6.45) is 0. The molecule has 1 heterocycles. The Bertz CT molecular complexity index is 322. The minimum Gasteiger partial charge on any atom is -0.297 e. The van der Waals surface area contributed by atoms with Crippen LogP contribution in [0.2, 0.25) is 0 Å². The van der Waals surface area contributed by atoms with E-state index in [-0.39, 0.29) is 0 Å². The number of Topliss-reactive ketones (excluding diaryl/α,β-unsaturated/α-hetero) is 3. The van der Waals surface area contributed by atoms with Crippen LogP contribution in [0.3, 0.4) is 0 Å². The van der Waals surface area contributed by atoms with E-state index >= 15 is 0 Å². The number of hydrazine groups is 2. The summed E-state index contributed by atoms with van der Waals surface area (Å²) in [7, 11) is 0. The highest BCUT2D eigenvalue weighted by Gasteiger charge is 2.53. The highest BCUT2D eigenvalue weighted by Crippen LogP contribution is 2.11. The van der Waals surface area contributed by atoms with Crippen molar-refractivity contribution in [1.82, 2.24) is 16.4 Å². The summed E-state index contributed by atoms with van der Waals surface area (Å²) in [6, 6.07) is 0. The Labute approximate surface area is 79.2 Å². The molecular formula is C7H9N3O4. The molecular weight excluding hydrogens is 190 g/mol. The average Bonchev–Trinajstić information content (AvgIpc) is 2.08. The maximum Gasteiger partial charge on any atom is 0.305 e. The van der Waals surface area contributed by atoms with Crippen LogP contribution in [0.25, 0.3) is 0 Å². The van der Waals surface area contributed by atoms with Gasteiger partial charge in [-0.3, -0.25) is 24.6 Å². The molecule has 1 aliphatic heterocycles. The molecule has 1 amide bonds. The largest absolute Gasteiger partial charge is 0.305 e. The highest BCUT2D eigenvalue weighted by molar-refractivity contribution is 6.51. The van der Waals surface area contributed by atoms with Gasteiger partial charge in [-0.2, -0.15) is 5.53 Å². The van der Waals surface area contributed by atoms with E-state index in [0.29, 0.717) is 0 Å². The van der Waals surface area contributed by atoms with E-state index in [4.69, 9.17) is 0 Å². The van der Waals surface area contributed by atoms with Crippen molar-refractivity contribution in [3.63, 3.8) is 0 Å². The van der Waals surface area contributed by atoms with Crippen LogP contribution in [-0.4, -0.2) is 28.8 Å². The van der Waals surface area contributed by atoms with Crippen molar-refractivity contribution in [3.8, 4) is 0 Å². The number of hydrogen-bond acceptors (Lipinski definition) is 6. The number of carbonyl (C=O) groups is 4. The maximum absolute atomic E-state index is 11.4. The molecule has 3 N–H and O–H groups in total. The molecule has 0 aromatic carbocycles. The van der Waals surface area contributed by atoms with E-state index in [1.807, 2.05) is 5.43 Å². The molecule has 1 fully saturated rings. The van der Waals surface area contributed by atoms with Gasteiger partial charge in [0.25, 0.3) is 5.78 Å². The fraction of sp³-hybridized carbons (Fsp3) is 0.429. The predicted molar refractivity (Wildman–Crippen MR) is 43.5 cm³/mol. The van der Waals surface area contributed by atoms with Crippen molar-refractivity contribution in [2.75, 3.05) is 0 Å². The molecule has 0 bridgehead atoms. The van der Waals surface area contributed by atoms with Gasteiger partial charge in [0.1, 0.15) is 0 Å². The number of ketones is 3. The van der Waals surface area contributed by atoms with Crippen LogP contribution >= 0.6 is 0 Å². The molecule has 7 nitrogen and oxygen atoms in total. The molecule has 1 saturated heterocycles. The van der Waals surface area contributed by atoms with Gasteiger partial charge in [0.2, 0.25) is 5.54 Å². The van der Waals surface area contributed by atoms with Gasteiger partial charge in [-0.1, -0.05) is 0 Å². The first-order valence-electron chi connectivity index (χ1n) is 3.82. The lowest BCUT2D eigenvalue weighted by Gasteiger charge is -2.31. The smallest absolute Gasteiger partial charge is 0.297 e. The summed E-state index contributed by atoms with van der Waals surface area (Å²) in [5.74, 6) is -3.57. The molecule has 0 atom stereocenters. The first-order chi connectivity index (χ1) is 6.43. The van der Waals surface area contributed by atoms with Crippen LogP contribution in [-0.2, 0) is 19.2 Å². The number of carbonyl (C=O) groups excluding carboxylic acids is 4. The zero-order valence-electron chi connectivity index (χ0n) is 7.63. The predicted octanol–water partition coefficient (Wildman–Crippen LogP) is -2.39. The van der Waals surface area contributed by atoms with Crippen molar-refractivity contribution in [2.45, 2.75) is 19.4 Å². The second kappa shape index (κ2) is 3.28. The number of amides is 1. The van der Waals surface area contributed by atoms with Crippen LogP contribution < -0.4 is 16.4 Å². The minimum atomic E-state index is -2.08. The first-order valence-corrected chi connectivity index (χ1v) is 3.82. The monoisotopic (exact) mass is 199 g/mol. The standard InChI is InChI=1S/C7H9N3O4/c1-3(11)7(4(2)12)5(13)6(14)8-10-9-7/h9-10H,1-2H3,(H,8,14). The van der Waals surface area contributed by atoms with Crippen molar-refractivity contribution >= 4 is 23.3 Å². The fourth-order valence-corrected chi connectivity index (χ4v) is 1.21. The third-order valence-corrected chi connectivity index (χ3v) is 2.03. The molecule has 1 rings (SSSR count).